The summed E-state index contributed by atoms with van der Waals surface area (Å²) >= 11 is 0. The molecule has 3 rings (SSSR count). The molecule has 116 valence electrons. The largest absolute Gasteiger partial charge is 0.330 e. The van der Waals surface area contributed by atoms with Crippen molar-refractivity contribution in [3.63, 3.8) is 0 Å². The minimum absolute atomic E-state index is 0.0206. The first-order valence-corrected chi connectivity index (χ1v) is 7.86. The number of carbonyl (C=O) groups is 2. The predicted octanol–water partition coefficient (Wildman–Crippen LogP) is 2.25. The zero-order valence-corrected chi connectivity index (χ0v) is 12.8. The van der Waals surface area contributed by atoms with Crippen LogP contribution in [0.5, 0.6) is 0 Å². The van der Waals surface area contributed by atoms with Crippen LogP contribution in [-0.4, -0.2) is 29.0 Å². The van der Waals surface area contributed by atoms with Crippen molar-refractivity contribution in [3.8, 4) is 0 Å². The first kappa shape index (κ1) is 14.8. The number of hydrogen-bond acceptors (Lipinski definition) is 3. The van der Waals surface area contributed by atoms with Gasteiger partial charge in [-0.05, 0) is 31.2 Å². The van der Waals surface area contributed by atoms with E-state index < -0.39 is 0 Å². The zero-order chi connectivity index (χ0) is 15.5. The normalized spacial score (nSPS) is 19.1. The Kier molecular flexibility index (Phi) is 4.22. The van der Waals surface area contributed by atoms with Gasteiger partial charge < -0.3 is 4.90 Å². The molecular formula is C17H21N3O2. The van der Waals surface area contributed by atoms with E-state index in [9.17, 15) is 9.59 Å². The highest BCUT2D eigenvalue weighted by atomic mass is 16.2. The van der Waals surface area contributed by atoms with Gasteiger partial charge in [0.15, 0.2) is 0 Å². The van der Waals surface area contributed by atoms with Crippen molar-refractivity contribution in [3.05, 3.63) is 35.9 Å². The third kappa shape index (κ3) is 3.03. The minimum Gasteiger partial charge on any atom is -0.330 e. The summed E-state index contributed by atoms with van der Waals surface area (Å²) in [5.74, 6) is 0.238. The van der Waals surface area contributed by atoms with E-state index in [0.717, 1.165) is 12.1 Å². The third-order valence-electron chi connectivity index (χ3n) is 4.58. The molecule has 2 aliphatic rings. The van der Waals surface area contributed by atoms with Crippen molar-refractivity contribution in [1.82, 2.24) is 10.3 Å². The molecule has 1 aliphatic carbocycles. The van der Waals surface area contributed by atoms with Crippen LogP contribution in [0.3, 0.4) is 0 Å². The Morgan fingerprint density at radius 1 is 1.36 bits per heavy atom. The molecule has 0 saturated heterocycles. The summed E-state index contributed by atoms with van der Waals surface area (Å²) in [6, 6.07) is 9.98. The minimum atomic E-state index is -0.209. The molecule has 0 bridgehead atoms. The van der Waals surface area contributed by atoms with Crippen molar-refractivity contribution in [1.29, 1.82) is 0 Å². The van der Waals surface area contributed by atoms with Gasteiger partial charge in [-0.3, -0.25) is 9.59 Å². The Morgan fingerprint density at radius 2 is 2.09 bits per heavy atom. The second kappa shape index (κ2) is 6.30. The maximum atomic E-state index is 12.8. The molecule has 1 fully saturated rings. The van der Waals surface area contributed by atoms with E-state index in [1.54, 1.807) is 0 Å². The van der Waals surface area contributed by atoms with Gasteiger partial charge >= 0.3 is 0 Å². The molecule has 1 aliphatic heterocycles. The summed E-state index contributed by atoms with van der Waals surface area (Å²) in [4.78, 5) is 26.0. The molecule has 0 radical (unpaired) electrons. The van der Waals surface area contributed by atoms with Gasteiger partial charge in [-0.2, -0.15) is 5.10 Å². The molecule has 0 aromatic heterocycles. The topological polar surface area (TPSA) is 61.8 Å². The van der Waals surface area contributed by atoms with Gasteiger partial charge in [-0.15, -0.1) is 0 Å². The molecule has 2 amide bonds. The van der Waals surface area contributed by atoms with Crippen LogP contribution in [0.4, 0.5) is 0 Å². The van der Waals surface area contributed by atoms with Crippen LogP contribution in [0.25, 0.3) is 0 Å². The quantitative estimate of drug-likeness (QED) is 0.906. The van der Waals surface area contributed by atoms with Gasteiger partial charge in [0.05, 0.1) is 12.5 Å². The fourth-order valence-corrected chi connectivity index (χ4v) is 2.93. The standard InChI is InChI=1S/C17H21N3O2/c1-12(14-8-3-2-4-9-14)20(11-13-6-5-7-13)17(22)15-10-16(21)19-18-15/h2-4,8-9,12-13H,5-7,10-11H2,1H3,(H,19,21). The van der Waals surface area contributed by atoms with Crippen LogP contribution in [0.2, 0.25) is 0 Å². The lowest BCUT2D eigenvalue weighted by molar-refractivity contribution is -0.128. The zero-order valence-electron chi connectivity index (χ0n) is 12.8. The molecule has 1 N–H and O–H groups in total. The van der Waals surface area contributed by atoms with Crippen LogP contribution < -0.4 is 5.43 Å². The summed E-state index contributed by atoms with van der Waals surface area (Å²) in [7, 11) is 0. The number of carbonyl (C=O) groups excluding carboxylic acids is 2. The fraction of sp³-hybridized carbons (Fsp3) is 0.471. The van der Waals surface area contributed by atoms with Crippen LogP contribution in [0.1, 0.15) is 44.2 Å². The SMILES string of the molecule is CC(c1ccccc1)N(CC1CCC1)C(=O)C1=NNC(=O)C1. The maximum Gasteiger partial charge on any atom is 0.271 e. The van der Waals surface area contributed by atoms with Gasteiger partial charge in [0.25, 0.3) is 5.91 Å². The molecule has 1 unspecified atom stereocenters. The average Bonchev–Trinajstić information content (AvgIpc) is 2.93. The fourth-order valence-electron chi connectivity index (χ4n) is 2.93. The number of hydrogen-bond donors (Lipinski definition) is 1. The van der Waals surface area contributed by atoms with E-state index in [-0.39, 0.29) is 24.3 Å². The first-order chi connectivity index (χ1) is 10.6. The Labute approximate surface area is 130 Å². The molecule has 22 heavy (non-hydrogen) atoms. The third-order valence-corrected chi connectivity index (χ3v) is 4.58. The Hall–Kier alpha value is -2.17. The van der Waals surface area contributed by atoms with Gasteiger partial charge in [0.1, 0.15) is 5.71 Å². The summed E-state index contributed by atoms with van der Waals surface area (Å²) in [6.07, 6.45) is 3.68. The molecule has 1 aromatic carbocycles. The lowest BCUT2D eigenvalue weighted by Gasteiger charge is -2.36. The van der Waals surface area contributed by atoms with E-state index in [1.165, 1.54) is 19.3 Å². The van der Waals surface area contributed by atoms with Crippen molar-refractivity contribution in [2.45, 2.75) is 38.6 Å². The Morgan fingerprint density at radius 3 is 2.64 bits per heavy atom. The number of amides is 2. The molecule has 1 heterocycles. The van der Waals surface area contributed by atoms with Crippen LogP contribution in [-0.2, 0) is 9.59 Å². The van der Waals surface area contributed by atoms with E-state index in [0.29, 0.717) is 11.6 Å². The Bertz CT molecular complexity index is 593. The summed E-state index contributed by atoms with van der Waals surface area (Å²) in [5, 5.41) is 3.89. The highest BCUT2D eigenvalue weighted by Gasteiger charge is 2.32. The van der Waals surface area contributed by atoms with Crippen molar-refractivity contribution < 1.29 is 9.59 Å². The average molecular weight is 299 g/mol. The second-order valence-electron chi connectivity index (χ2n) is 6.11. The Balaban J connectivity index is 1.79. The van der Waals surface area contributed by atoms with E-state index in [4.69, 9.17) is 0 Å². The number of benzene rings is 1. The maximum absolute atomic E-state index is 12.8. The molecule has 1 aromatic rings. The summed E-state index contributed by atoms with van der Waals surface area (Å²) < 4.78 is 0. The van der Waals surface area contributed by atoms with Gasteiger partial charge in [-0.25, -0.2) is 5.43 Å². The lowest BCUT2D eigenvalue weighted by atomic mass is 9.84. The molecule has 1 atom stereocenters. The molecule has 5 heteroatoms. The molecule has 1 saturated carbocycles. The first-order valence-electron chi connectivity index (χ1n) is 7.86. The van der Waals surface area contributed by atoms with Gasteiger partial charge in [0, 0.05) is 6.54 Å². The van der Waals surface area contributed by atoms with Crippen molar-refractivity contribution in [2.75, 3.05) is 6.54 Å². The molecule has 5 nitrogen and oxygen atoms in total. The van der Waals surface area contributed by atoms with Crippen LogP contribution >= 0.6 is 0 Å². The molecular weight excluding hydrogens is 278 g/mol. The van der Waals surface area contributed by atoms with E-state index >= 15 is 0 Å². The van der Waals surface area contributed by atoms with Crippen molar-refractivity contribution in [2.24, 2.45) is 11.0 Å². The van der Waals surface area contributed by atoms with Gasteiger partial charge in [-0.1, -0.05) is 36.8 Å². The predicted molar refractivity (Wildman–Crippen MR) is 84.1 cm³/mol. The number of nitrogens with zero attached hydrogens (tertiary/aromatic N) is 2. The highest BCUT2D eigenvalue weighted by molar-refractivity contribution is 6.43. The monoisotopic (exact) mass is 299 g/mol. The van der Waals surface area contributed by atoms with Crippen LogP contribution in [0.15, 0.2) is 35.4 Å². The lowest BCUT2D eigenvalue weighted by Crippen LogP contribution is -2.42. The summed E-state index contributed by atoms with van der Waals surface area (Å²) in [5.41, 5.74) is 3.80. The highest BCUT2D eigenvalue weighted by Crippen LogP contribution is 2.31. The smallest absolute Gasteiger partial charge is 0.271 e. The van der Waals surface area contributed by atoms with Crippen molar-refractivity contribution >= 4 is 17.5 Å². The number of nitrogens with one attached hydrogen (secondary N) is 1. The van der Waals surface area contributed by atoms with Crippen LogP contribution in [0, 0.1) is 5.92 Å². The van der Waals surface area contributed by atoms with E-state index in [2.05, 4.69) is 10.5 Å². The summed E-state index contributed by atoms with van der Waals surface area (Å²) in [6.45, 7) is 2.78. The molecule has 0 spiro atoms. The number of hydrazone groups is 1. The van der Waals surface area contributed by atoms with E-state index in [1.807, 2.05) is 42.2 Å². The number of rotatable bonds is 5. The second-order valence-corrected chi connectivity index (χ2v) is 6.11. The van der Waals surface area contributed by atoms with Gasteiger partial charge in [0.2, 0.25) is 5.91 Å².